The van der Waals surface area contributed by atoms with E-state index in [1.165, 1.54) is 12.8 Å². The summed E-state index contributed by atoms with van der Waals surface area (Å²) in [5.41, 5.74) is 6.18. The van der Waals surface area contributed by atoms with Crippen molar-refractivity contribution in [3.63, 3.8) is 0 Å². The molecule has 3 unspecified atom stereocenters. The summed E-state index contributed by atoms with van der Waals surface area (Å²) in [5.74, 6) is 1.33. The van der Waals surface area contributed by atoms with Crippen molar-refractivity contribution in [2.45, 2.75) is 57.5 Å². The highest BCUT2D eigenvalue weighted by atomic mass is 32.2. The van der Waals surface area contributed by atoms with E-state index in [1.54, 1.807) is 11.8 Å². The monoisotopic (exact) mass is 272 g/mol. The molecule has 1 aliphatic carbocycles. The van der Waals surface area contributed by atoms with Crippen molar-refractivity contribution >= 4 is 17.7 Å². The summed E-state index contributed by atoms with van der Waals surface area (Å²) >= 11 is 1.81. The van der Waals surface area contributed by atoms with Crippen molar-refractivity contribution < 1.29 is 4.79 Å². The fraction of sp³-hybridized carbons (Fsp3) is 0.929. The quantitative estimate of drug-likeness (QED) is 0.782. The fourth-order valence-electron chi connectivity index (χ4n) is 2.78. The molecule has 0 bridgehead atoms. The van der Waals surface area contributed by atoms with Gasteiger partial charge in [-0.25, -0.2) is 0 Å². The molecule has 0 aromatic heterocycles. The third-order valence-corrected chi connectivity index (χ3v) is 4.83. The van der Waals surface area contributed by atoms with E-state index in [-0.39, 0.29) is 17.9 Å². The first-order chi connectivity index (χ1) is 8.61. The predicted octanol–water partition coefficient (Wildman–Crippen LogP) is 2.49. The van der Waals surface area contributed by atoms with E-state index in [9.17, 15) is 4.79 Å². The van der Waals surface area contributed by atoms with Crippen LogP contribution in [0.25, 0.3) is 0 Å². The molecule has 106 valence electrons. The maximum absolute atomic E-state index is 12.6. The van der Waals surface area contributed by atoms with Crippen LogP contribution in [0, 0.1) is 5.92 Å². The van der Waals surface area contributed by atoms with Crippen LogP contribution in [-0.4, -0.2) is 41.9 Å². The standard InChI is InChI=1S/C14H28N2OS/c1-4-11(10-18-3)16(2)14(17)12-8-6-5-7-9-13(12)15/h11-13H,4-10,15H2,1-3H3. The molecule has 0 heterocycles. The molecule has 2 N–H and O–H groups in total. The topological polar surface area (TPSA) is 46.3 Å². The van der Waals surface area contributed by atoms with E-state index in [0.29, 0.717) is 6.04 Å². The Balaban J connectivity index is 2.65. The van der Waals surface area contributed by atoms with Crippen molar-refractivity contribution in [3.05, 3.63) is 0 Å². The van der Waals surface area contributed by atoms with Gasteiger partial charge in [0.2, 0.25) is 5.91 Å². The van der Waals surface area contributed by atoms with Gasteiger partial charge in [0.15, 0.2) is 0 Å². The Kier molecular flexibility index (Phi) is 7.08. The Morgan fingerprint density at radius 1 is 1.39 bits per heavy atom. The number of carbonyl (C=O) groups excluding carboxylic acids is 1. The smallest absolute Gasteiger partial charge is 0.227 e. The van der Waals surface area contributed by atoms with Crippen molar-refractivity contribution in [1.29, 1.82) is 0 Å². The summed E-state index contributed by atoms with van der Waals surface area (Å²) < 4.78 is 0. The molecule has 1 amide bonds. The largest absolute Gasteiger partial charge is 0.342 e. The van der Waals surface area contributed by atoms with Crippen LogP contribution >= 0.6 is 11.8 Å². The molecular formula is C14H28N2OS. The Morgan fingerprint density at radius 3 is 2.67 bits per heavy atom. The lowest BCUT2D eigenvalue weighted by atomic mass is 9.93. The van der Waals surface area contributed by atoms with E-state index in [0.717, 1.165) is 31.4 Å². The zero-order valence-corrected chi connectivity index (χ0v) is 12.8. The number of amides is 1. The van der Waals surface area contributed by atoms with Gasteiger partial charge in [0.1, 0.15) is 0 Å². The summed E-state index contributed by atoms with van der Waals surface area (Å²) in [4.78, 5) is 14.5. The Labute approximate surface area is 116 Å². The number of nitrogens with zero attached hydrogens (tertiary/aromatic N) is 1. The van der Waals surface area contributed by atoms with Gasteiger partial charge in [0.05, 0.1) is 5.92 Å². The van der Waals surface area contributed by atoms with E-state index >= 15 is 0 Å². The minimum absolute atomic E-state index is 0.0495. The average molecular weight is 272 g/mol. The Hall–Kier alpha value is -0.220. The van der Waals surface area contributed by atoms with Gasteiger partial charge in [-0.1, -0.05) is 26.2 Å². The fourth-order valence-corrected chi connectivity index (χ4v) is 3.62. The SMILES string of the molecule is CCC(CSC)N(C)C(=O)C1CCCCCC1N. The van der Waals surface area contributed by atoms with Crippen molar-refractivity contribution in [2.75, 3.05) is 19.1 Å². The van der Waals surface area contributed by atoms with Crippen LogP contribution in [0.2, 0.25) is 0 Å². The summed E-state index contributed by atoms with van der Waals surface area (Å²) in [5, 5.41) is 0. The maximum atomic E-state index is 12.6. The van der Waals surface area contributed by atoms with E-state index in [1.807, 2.05) is 11.9 Å². The number of carbonyl (C=O) groups is 1. The van der Waals surface area contributed by atoms with Gasteiger partial charge < -0.3 is 10.6 Å². The van der Waals surface area contributed by atoms with Gasteiger partial charge in [-0.05, 0) is 25.5 Å². The lowest BCUT2D eigenvalue weighted by molar-refractivity contribution is -0.136. The van der Waals surface area contributed by atoms with Crippen molar-refractivity contribution in [1.82, 2.24) is 4.90 Å². The number of thioether (sulfide) groups is 1. The molecular weight excluding hydrogens is 244 g/mol. The highest BCUT2D eigenvalue weighted by Crippen LogP contribution is 2.25. The van der Waals surface area contributed by atoms with Crippen molar-refractivity contribution in [3.8, 4) is 0 Å². The molecule has 4 heteroatoms. The molecule has 3 nitrogen and oxygen atoms in total. The Morgan fingerprint density at radius 2 is 2.06 bits per heavy atom. The van der Waals surface area contributed by atoms with Crippen LogP contribution in [0.3, 0.4) is 0 Å². The lowest BCUT2D eigenvalue weighted by Gasteiger charge is -2.32. The minimum Gasteiger partial charge on any atom is -0.342 e. The number of rotatable bonds is 5. The van der Waals surface area contributed by atoms with Gasteiger partial charge in [0, 0.05) is 24.9 Å². The van der Waals surface area contributed by atoms with Crippen LogP contribution in [0.1, 0.15) is 45.4 Å². The van der Waals surface area contributed by atoms with Crippen LogP contribution in [-0.2, 0) is 4.79 Å². The second kappa shape index (κ2) is 8.05. The molecule has 0 aliphatic heterocycles. The molecule has 0 spiro atoms. The molecule has 0 saturated heterocycles. The molecule has 1 rings (SSSR count). The second-order valence-corrected chi connectivity index (χ2v) is 6.29. The predicted molar refractivity (Wildman–Crippen MR) is 79.8 cm³/mol. The van der Waals surface area contributed by atoms with Gasteiger partial charge in [0.25, 0.3) is 0 Å². The number of hydrogen-bond donors (Lipinski definition) is 1. The summed E-state index contributed by atoms with van der Waals surface area (Å²) in [6.45, 7) is 2.15. The van der Waals surface area contributed by atoms with E-state index < -0.39 is 0 Å². The van der Waals surface area contributed by atoms with Crippen molar-refractivity contribution in [2.24, 2.45) is 11.7 Å². The molecule has 1 aliphatic rings. The molecule has 1 saturated carbocycles. The first-order valence-electron chi connectivity index (χ1n) is 7.13. The first kappa shape index (κ1) is 15.8. The maximum Gasteiger partial charge on any atom is 0.227 e. The first-order valence-corrected chi connectivity index (χ1v) is 8.52. The van der Waals surface area contributed by atoms with Gasteiger partial charge in [-0.15, -0.1) is 0 Å². The molecule has 0 aromatic rings. The average Bonchev–Trinajstić information content (AvgIpc) is 2.59. The van der Waals surface area contributed by atoms with Crippen LogP contribution in [0.5, 0.6) is 0 Å². The third kappa shape index (κ3) is 4.16. The summed E-state index contributed by atoms with van der Waals surface area (Å²) in [7, 11) is 1.95. The molecule has 0 aromatic carbocycles. The zero-order chi connectivity index (χ0) is 13.5. The normalized spacial score (nSPS) is 26.4. The minimum atomic E-state index is 0.0495. The number of hydrogen-bond acceptors (Lipinski definition) is 3. The lowest BCUT2D eigenvalue weighted by Crippen LogP contribution is -2.46. The van der Waals surface area contributed by atoms with E-state index in [4.69, 9.17) is 5.73 Å². The molecule has 0 radical (unpaired) electrons. The molecule has 3 atom stereocenters. The summed E-state index contributed by atoms with van der Waals surface area (Å²) in [6.07, 6.45) is 8.64. The van der Waals surface area contributed by atoms with Crippen LogP contribution < -0.4 is 5.73 Å². The zero-order valence-electron chi connectivity index (χ0n) is 12.0. The van der Waals surface area contributed by atoms with Gasteiger partial charge in [-0.2, -0.15) is 11.8 Å². The van der Waals surface area contributed by atoms with Crippen LogP contribution in [0.4, 0.5) is 0 Å². The van der Waals surface area contributed by atoms with E-state index in [2.05, 4.69) is 13.2 Å². The molecule has 1 fully saturated rings. The van der Waals surface area contributed by atoms with Gasteiger partial charge >= 0.3 is 0 Å². The number of nitrogens with two attached hydrogens (primary N) is 1. The second-order valence-electron chi connectivity index (χ2n) is 5.37. The molecule has 18 heavy (non-hydrogen) atoms. The van der Waals surface area contributed by atoms with Gasteiger partial charge in [-0.3, -0.25) is 4.79 Å². The highest BCUT2D eigenvalue weighted by Gasteiger charge is 2.31. The highest BCUT2D eigenvalue weighted by molar-refractivity contribution is 7.98. The summed E-state index contributed by atoms with van der Waals surface area (Å²) in [6, 6.07) is 0.414. The third-order valence-electron chi connectivity index (χ3n) is 4.11. The Bertz CT molecular complexity index is 260. The van der Waals surface area contributed by atoms with Crippen LogP contribution in [0.15, 0.2) is 0 Å².